The molecule has 0 radical (unpaired) electrons. The summed E-state index contributed by atoms with van der Waals surface area (Å²) in [6.07, 6.45) is 28.7. The van der Waals surface area contributed by atoms with Gasteiger partial charge in [-0.3, -0.25) is 59.2 Å². The fourth-order valence-electron chi connectivity index (χ4n) is 17.4. The minimum atomic E-state index is -0.604. The van der Waals surface area contributed by atoms with Gasteiger partial charge in [0.25, 0.3) is 0 Å². The first-order chi connectivity index (χ1) is 56.2. The van der Waals surface area contributed by atoms with Crippen LogP contribution in [0.2, 0.25) is 15.1 Å². The van der Waals surface area contributed by atoms with Crippen LogP contribution in [-0.2, 0) is 28.4 Å². The number of pyridine rings is 3. The fraction of sp³-hybridized carbons (Fsp3) is 0.589. The number of hydrogen-bond donors (Lipinski definition) is 3. The van der Waals surface area contributed by atoms with Crippen molar-refractivity contribution in [2.24, 2.45) is 5.41 Å². The quantitative estimate of drug-likeness (QED) is 0.0115. The maximum absolute atomic E-state index is 12.9. The van der Waals surface area contributed by atoms with Gasteiger partial charge in [-0.05, 0) is 203 Å². The number of carbonyl (C=O) groups excluding carboxylic acids is 3. The molecule has 0 bridgehead atoms. The van der Waals surface area contributed by atoms with Gasteiger partial charge in [0.05, 0.1) is 107 Å². The number of piperidine rings is 3. The van der Waals surface area contributed by atoms with E-state index in [0.29, 0.717) is 94.5 Å². The molecule has 10 heterocycles. The molecule has 0 amide bonds. The molecule has 0 spiro atoms. The van der Waals surface area contributed by atoms with Crippen molar-refractivity contribution in [2.45, 2.75) is 259 Å². The van der Waals surface area contributed by atoms with Crippen LogP contribution in [0.15, 0.2) is 87.6 Å². The summed E-state index contributed by atoms with van der Waals surface area (Å²) in [5.41, 5.74) is 7.13. The van der Waals surface area contributed by atoms with Gasteiger partial charge in [-0.1, -0.05) is 67.9 Å². The van der Waals surface area contributed by atoms with Gasteiger partial charge in [0.2, 0.25) is 5.54 Å². The number of ether oxygens (including phenoxy) is 9. The topological polar surface area (TPSA) is 274 Å². The summed E-state index contributed by atoms with van der Waals surface area (Å²) in [6.45, 7) is 31.2. The zero-order valence-electron chi connectivity index (χ0n) is 72.0. The van der Waals surface area contributed by atoms with E-state index in [9.17, 15) is 34.0 Å². The lowest BCUT2D eigenvalue weighted by Crippen LogP contribution is -2.57. The van der Waals surface area contributed by atoms with Gasteiger partial charge in [-0.15, -0.1) is 0 Å². The molecule has 7 aliphatic heterocycles. The lowest BCUT2D eigenvalue weighted by atomic mass is 9.78. The van der Waals surface area contributed by atoms with Gasteiger partial charge in [-0.25, -0.2) is 14.4 Å². The van der Waals surface area contributed by atoms with Crippen LogP contribution in [0.3, 0.4) is 0 Å². The number of benzene rings is 3. The Hall–Kier alpha value is -8.14. The monoisotopic (exact) mass is 1700 g/mol. The van der Waals surface area contributed by atoms with Crippen molar-refractivity contribution in [3.63, 3.8) is 0 Å². The lowest BCUT2D eigenvalue weighted by Gasteiger charge is -2.53. The average Bonchev–Trinajstić information content (AvgIpc) is 0.729. The second-order valence-electron chi connectivity index (χ2n) is 34.4. The molecule has 1 aliphatic carbocycles. The smallest absolute Gasteiger partial charge is 0.343 e. The van der Waals surface area contributed by atoms with Gasteiger partial charge in [0.15, 0.2) is 22.5 Å². The number of halogens is 3. The highest BCUT2D eigenvalue weighted by Crippen LogP contribution is 2.53. The highest BCUT2D eigenvalue weighted by atomic mass is 35.5. The molecule has 118 heavy (non-hydrogen) atoms. The van der Waals surface area contributed by atoms with Gasteiger partial charge in [0, 0.05) is 141 Å². The standard InChI is InChI=1S/3C25H31ClN2O5.C8H16.C7H14NO.H2O2/c3*1-5-32-24(30)18-15-27-21(14-22(18)29)16-12-19(26)23(33-11-7-10-31-4)13-17(16)20-8-6-9-25(2,3)28(20)27;1-8(2)6-4-3-5-7-8;1-7(2)5-3-4-6-8(7)9;1-2/h3*12-15,20H,5-11H2,1-4H3;3-7H2,1-2H3;6,9H,3-5H2,1-2H3;1-2H/q;;;;+1;/t2*20-;;;;/m10..../s1. The normalized spacial score (nSPS) is 19.1. The maximum Gasteiger partial charge on any atom is 0.343 e. The third-order valence-electron chi connectivity index (χ3n) is 23.4. The molecule has 1 saturated carbocycles. The fourth-order valence-corrected chi connectivity index (χ4v) is 18.1. The molecule has 6 aromatic rings. The Labute approximate surface area is 709 Å². The molecule has 3 N–H and O–H groups in total. The van der Waals surface area contributed by atoms with E-state index in [1.165, 1.54) is 61.5 Å². The number of methoxy groups -OCH3 is 3. The largest absolute Gasteiger partial charge is 0.492 e. The number of aromatic nitrogens is 3. The van der Waals surface area contributed by atoms with Crippen LogP contribution in [-0.4, -0.2) is 162 Å². The molecule has 3 aromatic heterocycles. The van der Waals surface area contributed by atoms with E-state index in [2.05, 4.69) is 70.4 Å². The second-order valence-corrected chi connectivity index (χ2v) is 35.6. The SMILES string of the molecule is CC1(C)CCCC=[N+]1O.CC1(C)CCCCC1.CCOC(=O)c1cn2c(cc1=O)-c1cc(Cl)c(OCCCOC)cc1C1CCCC(C)(C)N12.CCOC(=O)c1cn2c(cc1=O)-c1cc(Cl)c(OCCCOC)cc1[C@@H]1CCCC(C)(C)N12.CCOC(=O)c1cn2c(cc1=O)-c1cc(Cl)c(OCCCOC)cc1[C@H]1CCCC(C)(C)N12.OO. The molecule has 14 rings (SSSR count). The van der Waals surface area contributed by atoms with E-state index in [4.69, 9.17) is 87.9 Å². The Bertz CT molecular complexity index is 4280. The van der Waals surface area contributed by atoms with Crippen LogP contribution in [0.4, 0.5) is 0 Å². The van der Waals surface area contributed by atoms with Crippen molar-refractivity contribution >= 4 is 58.9 Å². The molecule has 4 fully saturated rings. The predicted octanol–water partition coefficient (Wildman–Crippen LogP) is 18.6. The highest BCUT2D eigenvalue weighted by molar-refractivity contribution is 6.33. The summed E-state index contributed by atoms with van der Waals surface area (Å²) in [6, 6.07) is 16.4. The molecule has 28 heteroatoms. The zero-order valence-corrected chi connectivity index (χ0v) is 74.2. The first-order valence-electron chi connectivity index (χ1n) is 41.8. The predicted molar refractivity (Wildman–Crippen MR) is 462 cm³/mol. The van der Waals surface area contributed by atoms with Crippen LogP contribution in [0.5, 0.6) is 17.2 Å². The highest BCUT2D eigenvalue weighted by Gasteiger charge is 2.47. The van der Waals surface area contributed by atoms with Crippen molar-refractivity contribution in [2.75, 3.05) is 95.8 Å². The van der Waals surface area contributed by atoms with Gasteiger partial charge in [0.1, 0.15) is 33.9 Å². The first-order valence-corrected chi connectivity index (χ1v) is 42.9. The van der Waals surface area contributed by atoms with Crippen molar-refractivity contribution in [3.8, 4) is 51.0 Å². The molecule has 3 aromatic carbocycles. The van der Waals surface area contributed by atoms with Crippen molar-refractivity contribution < 1.29 is 77.5 Å². The summed E-state index contributed by atoms with van der Waals surface area (Å²) in [5, 5.41) is 29.5. The molecular formula is C90H125Cl3N7O18+. The molecule has 1 unspecified atom stereocenters. The van der Waals surface area contributed by atoms with Crippen molar-refractivity contribution in [1.82, 2.24) is 14.0 Å². The van der Waals surface area contributed by atoms with Crippen LogP contribution < -0.4 is 45.5 Å². The van der Waals surface area contributed by atoms with E-state index in [1.807, 2.05) is 70.5 Å². The van der Waals surface area contributed by atoms with Crippen LogP contribution in [0.25, 0.3) is 33.8 Å². The molecular weight excluding hydrogens is 1570 g/mol. The number of carbonyl (C=O) groups is 3. The number of nitrogens with zero attached hydrogens (tertiary/aromatic N) is 7. The van der Waals surface area contributed by atoms with Crippen molar-refractivity contribution in [3.05, 3.63) is 152 Å². The molecule has 3 saturated heterocycles. The average molecular weight is 1700 g/mol. The summed E-state index contributed by atoms with van der Waals surface area (Å²) in [7, 11) is 4.99. The lowest BCUT2D eigenvalue weighted by molar-refractivity contribution is -0.822. The number of fused-ring (bicyclic) bond motifs is 18. The summed E-state index contributed by atoms with van der Waals surface area (Å²) < 4.78 is 55.8. The number of rotatable bonds is 21. The minimum Gasteiger partial charge on any atom is -0.492 e. The number of esters is 3. The summed E-state index contributed by atoms with van der Waals surface area (Å²) in [4.78, 5) is 76.1. The van der Waals surface area contributed by atoms with E-state index < -0.39 is 17.9 Å². The summed E-state index contributed by atoms with van der Waals surface area (Å²) >= 11 is 19.8. The number of hydroxylamine groups is 1. The zero-order chi connectivity index (χ0) is 86.2. The maximum atomic E-state index is 12.9. The van der Waals surface area contributed by atoms with Gasteiger partial charge >= 0.3 is 17.9 Å². The minimum absolute atomic E-state index is 0.0295. The molecule has 25 nitrogen and oxygen atoms in total. The molecule has 8 aliphatic rings. The third-order valence-corrected chi connectivity index (χ3v) is 24.3. The van der Waals surface area contributed by atoms with Crippen molar-refractivity contribution in [1.29, 1.82) is 0 Å². The molecule has 648 valence electrons. The van der Waals surface area contributed by atoms with E-state index >= 15 is 0 Å². The number of hydrogen-bond acceptors (Lipinski definition) is 21. The second kappa shape index (κ2) is 41.4. The summed E-state index contributed by atoms with van der Waals surface area (Å²) in [5.74, 6) is 0.0878. The Kier molecular flexibility index (Phi) is 32.9. The van der Waals surface area contributed by atoms with Crippen LogP contribution in [0, 0.1) is 5.41 Å². The van der Waals surface area contributed by atoms with Gasteiger partial charge in [-0.2, -0.15) is 0 Å². The Morgan fingerprint density at radius 3 is 0.975 bits per heavy atom. The van der Waals surface area contributed by atoms with Crippen LogP contribution in [0.1, 0.15) is 284 Å². The van der Waals surface area contributed by atoms with Gasteiger partial charge < -0.3 is 42.6 Å². The molecule has 3 atom stereocenters. The van der Waals surface area contributed by atoms with E-state index in [-0.39, 0.29) is 93.1 Å². The first kappa shape index (κ1) is 93.7. The Morgan fingerprint density at radius 1 is 0.424 bits per heavy atom. The Morgan fingerprint density at radius 2 is 0.729 bits per heavy atom. The third kappa shape index (κ3) is 21.8. The van der Waals surface area contributed by atoms with E-state index in [0.717, 1.165) is 123 Å². The van der Waals surface area contributed by atoms with Crippen LogP contribution >= 0.6 is 34.8 Å². The van der Waals surface area contributed by atoms with E-state index in [1.54, 1.807) is 60.7 Å². The Balaban J connectivity index is 0.000000181.